The van der Waals surface area contributed by atoms with Crippen molar-refractivity contribution in [1.82, 2.24) is 10.2 Å². The maximum atomic E-state index is 11.2. The van der Waals surface area contributed by atoms with Crippen LogP contribution in [0, 0.1) is 0 Å². The molecule has 0 aromatic heterocycles. The number of nitrogens with one attached hydrogen (secondary N) is 1. The molecule has 0 spiro atoms. The summed E-state index contributed by atoms with van der Waals surface area (Å²) in [6, 6.07) is 0. The van der Waals surface area contributed by atoms with Crippen molar-refractivity contribution < 1.29 is 14.6 Å². The summed E-state index contributed by atoms with van der Waals surface area (Å²) in [7, 11) is 3.52. The highest BCUT2D eigenvalue weighted by Crippen LogP contribution is 1.91. The van der Waals surface area contributed by atoms with Crippen molar-refractivity contribution in [2.24, 2.45) is 0 Å². The first-order chi connectivity index (χ1) is 7.18. The van der Waals surface area contributed by atoms with Crippen LogP contribution in [-0.4, -0.2) is 62.9 Å². The Kier molecular flexibility index (Phi) is 9.46. The number of aliphatic hydroxyl groups excluding tert-OH is 1. The number of hydrogen-bond donors (Lipinski definition) is 2. The number of carbonyl (C=O) groups excluding carboxylic acids is 1. The second-order valence-corrected chi connectivity index (χ2v) is 3.48. The number of hydrogen-bond acceptors (Lipinski definition) is 4. The topological polar surface area (TPSA) is 61.8 Å². The molecule has 0 aromatic rings. The fourth-order valence-electron chi connectivity index (χ4n) is 1.02. The minimum absolute atomic E-state index is 0.0668. The molecule has 2 N–H and O–H groups in total. The van der Waals surface area contributed by atoms with E-state index in [0.717, 1.165) is 19.5 Å². The van der Waals surface area contributed by atoms with Crippen molar-refractivity contribution in [2.45, 2.75) is 12.8 Å². The van der Waals surface area contributed by atoms with E-state index in [1.807, 2.05) is 0 Å². The highest BCUT2D eigenvalue weighted by molar-refractivity contribution is 5.75. The fourth-order valence-corrected chi connectivity index (χ4v) is 1.02. The molecule has 0 bridgehead atoms. The van der Waals surface area contributed by atoms with Gasteiger partial charge in [0.1, 0.15) is 0 Å². The quantitative estimate of drug-likeness (QED) is 0.510. The standard InChI is InChI=1S/C10H22N2O3/c1-12(2)10(14)4-3-5-11-6-8-15-9-7-13/h11,13H,3-9H2,1-2H3. The van der Waals surface area contributed by atoms with Gasteiger partial charge in [0.05, 0.1) is 19.8 Å². The zero-order chi connectivity index (χ0) is 11.5. The number of nitrogens with zero attached hydrogens (tertiary/aromatic N) is 1. The van der Waals surface area contributed by atoms with Gasteiger partial charge in [0.25, 0.3) is 0 Å². The summed E-state index contributed by atoms with van der Waals surface area (Å²) >= 11 is 0. The molecule has 5 heteroatoms. The third-order valence-electron chi connectivity index (χ3n) is 1.90. The normalized spacial score (nSPS) is 10.3. The smallest absolute Gasteiger partial charge is 0.222 e. The Labute approximate surface area is 91.4 Å². The van der Waals surface area contributed by atoms with Crippen LogP contribution in [0.4, 0.5) is 0 Å². The second-order valence-electron chi connectivity index (χ2n) is 3.48. The molecule has 0 aliphatic heterocycles. The summed E-state index contributed by atoms with van der Waals surface area (Å²) in [4.78, 5) is 12.8. The van der Waals surface area contributed by atoms with Crippen molar-refractivity contribution in [1.29, 1.82) is 0 Å². The molecule has 15 heavy (non-hydrogen) atoms. The lowest BCUT2D eigenvalue weighted by molar-refractivity contribution is -0.128. The van der Waals surface area contributed by atoms with Gasteiger partial charge in [0, 0.05) is 27.1 Å². The summed E-state index contributed by atoms with van der Waals surface area (Å²) in [6.07, 6.45) is 1.43. The van der Waals surface area contributed by atoms with Crippen molar-refractivity contribution in [3.63, 3.8) is 0 Å². The van der Waals surface area contributed by atoms with Gasteiger partial charge in [0.2, 0.25) is 5.91 Å². The first-order valence-corrected chi connectivity index (χ1v) is 5.28. The minimum Gasteiger partial charge on any atom is -0.394 e. The lowest BCUT2D eigenvalue weighted by Crippen LogP contribution is -2.25. The zero-order valence-electron chi connectivity index (χ0n) is 9.66. The molecule has 0 saturated heterocycles. The predicted molar refractivity (Wildman–Crippen MR) is 58.7 cm³/mol. The van der Waals surface area contributed by atoms with Gasteiger partial charge in [-0.2, -0.15) is 0 Å². The molecule has 5 nitrogen and oxygen atoms in total. The van der Waals surface area contributed by atoms with Gasteiger partial charge in [-0.25, -0.2) is 0 Å². The van der Waals surface area contributed by atoms with Crippen molar-refractivity contribution in [3.8, 4) is 0 Å². The molecule has 0 atom stereocenters. The monoisotopic (exact) mass is 218 g/mol. The fraction of sp³-hybridized carbons (Fsp3) is 0.900. The highest BCUT2D eigenvalue weighted by Gasteiger charge is 2.01. The molecule has 1 amide bonds. The third kappa shape index (κ3) is 9.65. The zero-order valence-corrected chi connectivity index (χ0v) is 9.66. The summed E-state index contributed by atoms with van der Waals surface area (Å²) in [5, 5.41) is 11.6. The predicted octanol–water partition coefficient (Wildman–Crippen LogP) is -0.547. The first-order valence-electron chi connectivity index (χ1n) is 5.28. The van der Waals surface area contributed by atoms with E-state index in [2.05, 4.69) is 5.32 Å². The van der Waals surface area contributed by atoms with E-state index in [1.165, 1.54) is 0 Å². The average molecular weight is 218 g/mol. The Morgan fingerprint density at radius 2 is 2.07 bits per heavy atom. The largest absolute Gasteiger partial charge is 0.394 e. The first kappa shape index (κ1) is 14.3. The van der Waals surface area contributed by atoms with Crippen LogP contribution < -0.4 is 5.32 Å². The van der Waals surface area contributed by atoms with Crippen LogP contribution >= 0.6 is 0 Å². The van der Waals surface area contributed by atoms with Crippen LogP contribution in [-0.2, 0) is 9.53 Å². The van der Waals surface area contributed by atoms with Gasteiger partial charge in [-0.1, -0.05) is 0 Å². The lowest BCUT2D eigenvalue weighted by atomic mass is 10.3. The molecule has 0 aliphatic rings. The van der Waals surface area contributed by atoms with Crippen molar-refractivity contribution in [3.05, 3.63) is 0 Å². The number of carbonyl (C=O) groups is 1. The highest BCUT2D eigenvalue weighted by atomic mass is 16.5. The van der Waals surface area contributed by atoms with E-state index < -0.39 is 0 Å². The molecule has 0 unspecified atom stereocenters. The Morgan fingerprint density at radius 3 is 2.67 bits per heavy atom. The van der Waals surface area contributed by atoms with E-state index >= 15 is 0 Å². The van der Waals surface area contributed by atoms with Crippen LogP contribution in [0.1, 0.15) is 12.8 Å². The molecule has 0 rings (SSSR count). The van der Waals surface area contributed by atoms with E-state index in [-0.39, 0.29) is 12.5 Å². The number of ether oxygens (including phenoxy) is 1. The van der Waals surface area contributed by atoms with Crippen LogP contribution in [0.3, 0.4) is 0 Å². The van der Waals surface area contributed by atoms with Crippen molar-refractivity contribution >= 4 is 5.91 Å². The average Bonchev–Trinajstić information content (AvgIpc) is 2.21. The molecule has 0 aliphatic carbocycles. The number of amides is 1. The Bertz CT molecular complexity index is 163. The van der Waals surface area contributed by atoms with E-state index in [1.54, 1.807) is 19.0 Å². The van der Waals surface area contributed by atoms with Crippen LogP contribution in [0.2, 0.25) is 0 Å². The Balaban J connectivity index is 3.08. The van der Waals surface area contributed by atoms with Gasteiger partial charge in [-0.05, 0) is 13.0 Å². The molecule has 0 saturated carbocycles. The molecule has 0 radical (unpaired) electrons. The minimum atomic E-state index is 0.0668. The third-order valence-corrected chi connectivity index (χ3v) is 1.90. The number of rotatable bonds is 9. The molecular formula is C10H22N2O3. The molecule has 90 valence electrons. The van der Waals surface area contributed by atoms with Gasteiger partial charge in [0.15, 0.2) is 0 Å². The molecule has 0 heterocycles. The van der Waals surface area contributed by atoms with E-state index in [0.29, 0.717) is 19.6 Å². The van der Waals surface area contributed by atoms with Crippen LogP contribution in [0.25, 0.3) is 0 Å². The molecule has 0 aromatic carbocycles. The van der Waals surface area contributed by atoms with Gasteiger partial charge in [-0.3, -0.25) is 4.79 Å². The van der Waals surface area contributed by atoms with Crippen LogP contribution in [0.5, 0.6) is 0 Å². The maximum Gasteiger partial charge on any atom is 0.222 e. The van der Waals surface area contributed by atoms with Gasteiger partial charge < -0.3 is 20.1 Å². The SMILES string of the molecule is CN(C)C(=O)CCCNCCOCCO. The van der Waals surface area contributed by atoms with Crippen LogP contribution in [0.15, 0.2) is 0 Å². The summed E-state index contributed by atoms with van der Waals surface area (Å²) in [5.74, 6) is 0.160. The molecule has 0 fully saturated rings. The number of aliphatic hydroxyl groups is 1. The van der Waals surface area contributed by atoms with Gasteiger partial charge >= 0.3 is 0 Å². The summed E-state index contributed by atoms with van der Waals surface area (Å²) < 4.78 is 5.06. The Hall–Kier alpha value is -0.650. The summed E-state index contributed by atoms with van der Waals surface area (Å²) in [6.45, 7) is 2.64. The van der Waals surface area contributed by atoms with Crippen molar-refractivity contribution in [2.75, 3.05) is 47.0 Å². The van der Waals surface area contributed by atoms with Gasteiger partial charge in [-0.15, -0.1) is 0 Å². The van der Waals surface area contributed by atoms with E-state index in [4.69, 9.17) is 9.84 Å². The molecular weight excluding hydrogens is 196 g/mol. The maximum absolute atomic E-state index is 11.2. The lowest BCUT2D eigenvalue weighted by Gasteiger charge is -2.10. The second kappa shape index (κ2) is 9.89. The van der Waals surface area contributed by atoms with E-state index in [9.17, 15) is 4.79 Å². The summed E-state index contributed by atoms with van der Waals surface area (Å²) in [5.41, 5.74) is 0. The Morgan fingerprint density at radius 1 is 1.33 bits per heavy atom.